The second kappa shape index (κ2) is 6.71. The maximum absolute atomic E-state index is 11.6. The molecule has 6 nitrogen and oxygen atoms in total. The number of nitrogens with one attached hydrogen (secondary N) is 1. The van der Waals surface area contributed by atoms with Gasteiger partial charge in [0.2, 0.25) is 0 Å². The van der Waals surface area contributed by atoms with E-state index >= 15 is 0 Å². The molecule has 0 heterocycles. The third-order valence-electron chi connectivity index (χ3n) is 2.61. The molecule has 0 radical (unpaired) electrons. The summed E-state index contributed by atoms with van der Waals surface area (Å²) in [4.78, 5) is 21.6. The number of amides is 1. The lowest BCUT2D eigenvalue weighted by atomic mass is 10.2. The minimum absolute atomic E-state index is 0.0702. The lowest BCUT2D eigenvalue weighted by Crippen LogP contribution is -2.13. The molecule has 2 aromatic carbocycles. The summed E-state index contributed by atoms with van der Waals surface area (Å²) in [7, 11) is 0. The molecule has 0 bridgehead atoms. The predicted molar refractivity (Wildman–Crippen MR) is 78.4 cm³/mol. The molecule has 7 heteroatoms. The second-order valence-electron chi connectivity index (χ2n) is 4.11. The van der Waals surface area contributed by atoms with Crippen LogP contribution in [-0.2, 0) is 11.3 Å². The SMILES string of the molecule is O=C(Nc1ccc([N+](=O)[O-])cc1Cl)OCc1ccccc1. The van der Waals surface area contributed by atoms with Crippen molar-refractivity contribution in [3.8, 4) is 0 Å². The van der Waals surface area contributed by atoms with Gasteiger partial charge in [-0.3, -0.25) is 15.4 Å². The van der Waals surface area contributed by atoms with Crippen LogP contribution in [-0.4, -0.2) is 11.0 Å². The van der Waals surface area contributed by atoms with Crippen LogP contribution in [0.5, 0.6) is 0 Å². The molecule has 0 spiro atoms. The Labute approximate surface area is 125 Å². The number of non-ortho nitro benzene ring substituents is 1. The van der Waals surface area contributed by atoms with E-state index in [-0.39, 0.29) is 23.0 Å². The van der Waals surface area contributed by atoms with Crippen LogP contribution in [0.2, 0.25) is 5.02 Å². The number of carbonyl (C=O) groups is 1. The van der Waals surface area contributed by atoms with E-state index in [0.29, 0.717) is 0 Å². The van der Waals surface area contributed by atoms with E-state index in [1.165, 1.54) is 12.1 Å². The number of halogens is 1. The maximum atomic E-state index is 11.6. The number of nitro groups is 1. The smallest absolute Gasteiger partial charge is 0.412 e. The lowest BCUT2D eigenvalue weighted by molar-refractivity contribution is -0.384. The average molecular weight is 307 g/mol. The molecule has 2 aromatic rings. The zero-order valence-electron chi connectivity index (χ0n) is 10.8. The Morgan fingerprint density at radius 3 is 2.57 bits per heavy atom. The topological polar surface area (TPSA) is 81.5 Å². The highest BCUT2D eigenvalue weighted by Gasteiger charge is 2.12. The minimum atomic E-state index is -0.686. The zero-order valence-corrected chi connectivity index (χ0v) is 11.5. The van der Waals surface area contributed by atoms with Gasteiger partial charge in [0.05, 0.1) is 15.6 Å². The number of nitrogens with zero attached hydrogens (tertiary/aromatic N) is 1. The Hall–Kier alpha value is -2.60. The van der Waals surface area contributed by atoms with Crippen molar-refractivity contribution < 1.29 is 14.5 Å². The Morgan fingerprint density at radius 1 is 1.24 bits per heavy atom. The number of anilines is 1. The van der Waals surface area contributed by atoms with E-state index in [1.807, 2.05) is 30.3 Å². The normalized spacial score (nSPS) is 9.95. The van der Waals surface area contributed by atoms with Gasteiger partial charge in [0.1, 0.15) is 6.61 Å². The lowest BCUT2D eigenvalue weighted by Gasteiger charge is -2.08. The van der Waals surface area contributed by atoms with Crippen LogP contribution in [0.15, 0.2) is 48.5 Å². The van der Waals surface area contributed by atoms with Gasteiger partial charge in [-0.2, -0.15) is 0 Å². The monoisotopic (exact) mass is 306 g/mol. The quantitative estimate of drug-likeness (QED) is 0.684. The van der Waals surface area contributed by atoms with Crippen molar-refractivity contribution >= 4 is 29.1 Å². The number of rotatable bonds is 4. The van der Waals surface area contributed by atoms with Gasteiger partial charge in [0, 0.05) is 12.1 Å². The number of hydrogen-bond donors (Lipinski definition) is 1. The summed E-state index contributed by atoms with van der Waals surface area (Å²) in [6.45, 7) is 0.122. The molecule has 0 atom stereocenters. The molecule has 108 valence electrons. The van der Waals surface area contributed by atoms with Crippen LogP contribution >= 0.6 is 11.6 Å². The number of carbonyl (C=O) groups excluding carboxylic acids is 1. The van der Waals surface area contributed by atoms with Gasteiger partial charge in [-0.15, -0.1) is 0 Å². The van der Waals surface area contributed by atoms with E-state index in [9.17, 15) is 14.9 Å². The van der Waals surface area contributed by atoms with Crippen molar-refractivity contribution in [2.75, 3.05) is 5.32 Å². The highest BCUT2D eigenvalue weighted by molar-refractivity contribution is 6.33. The molecule has 0 aliphatic carbocycles. The largest absolute Gasteiger partial charge is 0.444 e. The molecule has 0 saturated carbocycles. The summed E-state index contributed by atoms with van der Waals surface area (Å²) in [5.41, 5.74) is 0.950. The average Bonchev–Trinajstić information content (AvgIpc) is 2.48. The fourth-order valence-electron chi connectivity index (χ4n) is 1.59. The van der Waals surface area contributed by atoms with E-state index in [1.54, 1.807) is 0 Å². The number of ether oxygens (including phenoxy) is 1. The highest BCUT2D eigenvalue weighted by atomic mass is 35.5. The second-order valence-corrected chi connectivity index (χ2v) is 4.52. The number of benzene rings is 2. The minimum Gasteiger partial charge on any atom is -0.444 e. The van der Waals surface area contributed by atoms with Crippen LogP contribution in [0.4, 0.5) is 16.2 Å². The molecule has 0 aromatic heterocycles. The molecular weight excluding hydrogens is 296 g/mol. The third-order valence-corrected chi connectivity index (χ3v) is 2.93. The fourth-order valence-corrected chi connectivity index (χ4v) is 1.81. The Bertz CT molecular complexity index is 661. The van der Waals surface area contributed by atoms with Crippen LogP contribution < -0.4 is 5.32 Å². The summed E-state index contributed by atoms with van der Waals surface area (Å²) in [6, 6.07) is 12.9. The molecule has 0 saturated heterocycles. The van der Waals surface area contributed by atoms with Crippen LogP contribution in [0.25, 0.3) is 0 Å². The summed E-state index contributed by atoms with van der Waals surface area (Å²) in [5, 5.41) is 13.1. The highest BCUT2D eigenvalue weighted by Crippen LogP contribution is 2.26. The van der Waals surface area contributed by atoms with E-state index in [0.717, 1.165) is 11.6 Å². The van der Waals surface area contributed by atoms with Gasteiger partial charge in [-0.1, -0.05) is 41.9 Å². The molecule has 0 aliphatic rings. The van der Waals surface area contributed by atoms with Crippen molar-refractivity contribution in [1.29, 1.82) is 0 Å². The molecule has 1 N–H and O–H groups in total. The van der Waals surface area contributed by atoms with E-state index in [4.69, 9.17) is 16.3 Å². The molecule has 0 fully saturated rings. The number of hydrogen-bond acceptors (Lipinski definition) is 4. The maximum Gasteiger partial charge on any atom is 0.412 e. The van der Waals surface area contributed by atoms with Crippen molar-refractivity contribution in [3.05, 3.63) is 69.2 Å². The zero-order chi connectivity index (χ0) is 15.2. The number of nitro benzene ring substituents is 1. The summed E-state index contributed by atoms with van der Waals surface area (Å²) >= 11 is 5.86. The Kier molecular flexibility index (Phi) is 4.73. The summed E-state index contributed by atoms with van der Waals surface area (Å²) < 4.78 is 5.02. The molecule has 0 unspecified atom stereocenters. The fraction of sp³-hybridized carbons (Fsp3) is 0.0714. The molecule has 1 amide bonds. The first-order chi connectivity index (χ1) is 10.1. The van der Waals surface area contributed by atoms with Crippen LogP contribution in [0, 0.1) is 10.1 Å². The van der Waals surface area contributed by atoms with Crippen LogP contribution in [0.1, 0.15) is 5.56 Å². The van der Waals surface area contributed by atoms with Crippen molar-refractivity contribution in [3.63, 3.8) is 0 Å². The van der Waals surface area contributed by atoms with Crippen molar-refractivity contribution in [2.45, 2.75) is 6.61 Å². The van der Waals surface area contributed by atoms with Crippen molar-refractivity contribution in [2.24, 2.45) is 0 Å². The Balaban J connectivity index is 1.95. The first-order valence-corrected chi connectivity index (χ1v) is 6.35. The predicted octanol–water partition coefficient (Wildman–Crippen LogP) is 4.00. The third kappa shape index (κ3) is 4.19. The molecule has 21 heavy (non-hydrogen) atoms. The molecule has 2 rings (SSSR count). The van der Waals surface area contributed by atoms with E-state index in [2.05, 4.69) is 5.32 Å². The Morgan fingerprint density at radius 2 is 1.95 bits per heavy atom. The standard InChI is InChI=1S/C14H11ClN2O4/c15-12-8-11(17(19)20)6-7-13(12)16-14(18)21-9-10-4-2-1-3-5-10/h1-8H,9H2,(H,16,18). The van der Waals surface area contributed by atoms with Gasteiger partial charge in [-0.25, -0.2) is 4.79 Å². The first-order valence-electron chi connectivity index (χ1n) is 5.98. The first kappa shape index (κ1) is 14.8. The molecular formula is C14H11ClN2O4. The molecule has 0 aliphatic heterocycles. The van der Waals surface area contributed by atoms with Crippen LogP contribution in [0.3, 0.4) is 0 Å². The van der Waals surface area contributed by atoms with Crippen molar-refractivity contribution in [1.82, 2.24) is 0 Å². The summed E-state index contributed by atoms with van der Waals surface area (Å²) in [5.74, 6) is 0. The van der Waals surface area contributed by atoms with Gasteiger partial charge in [0.15, 0.2) is 0 Å². The van der Waals surface area contributed by atoms with Gasteiger partial charge in [0.25, 0.3) is 5.69 Å². The van der Waals surface area contributed by atoms with Gasteiger partial charge in [-0.05, 0) is 11.6 Å². The van der Waals surface area contributed by atoms with Gasteiger partial charge >= 0.3 is 6.09 Å². The summed E-state index contributed by atoms with van der Waals surface area (Å²) in [6.07, 6.45) is -0.686. The van der Waals surface area contributed by atoms with Gasteiger partial charge < -0.3 is 4.74 Å². The van der Waals surface area contributed by atoms with E-state index < -0.39 is 11.0 Å².